The van der Waals surface area contributed by atoms with Crippen LogP contribution < -0.4 is 5.73 Å². The van der Waals surface area contributed by atoms with Crippen LogP contribution in [0.1, 0.15) is 6.92 Å². The number of rotatable bonds is 1. The number of nitrogens with two attached hydrogens (primary N) is 1. The van der Waals surface area contributed by atoms with E-state index in [4.69, 9.17) is 5.73 Å². The Morgan fingerprint density at radius 1 is 1.86 bits per heavy atom. The van der Waals surface area contributed by atoms with E-state index >= 15 is 0 Å². The molecule has 0 saturated heterocycles. The summed E-state index contributed by atoms with van der Waals surface area (Å²) in [6.45, 7) is 5.26. The van der Waals surface area contributed by atoms with Gasteiger partial charge >= 0.3 is 0 Å². The lowest BCUT2D eigenvalue weighted by atomic mass is 10.3. The second kappa shape index (κ2) is 3.26. The first-order valence-electron chi connectivity index (χ1n) is 2.05. The Labute approximate surface area is 43.8 Å². The minimum atomic E-state index is 0.981. The summed E-state index contributed by atoms with van der Waals surface area (Å²) in [5.41, 5.74) is 8.67. The van der Waals surface area contributed by atoms with E-state index in [0.717, 1.165) is 5.57 Å². The molecule has 0 aliphatic rings. The highest BCUT2D eigenvalue weighted by Crippen LogP contribution is 1.86. The Balaban J connectivity index is 3.82. The van der Waals surface area contributed by atoms with E-state index in [1.54, 1.807) is 6.08 Å². The fraction of sp³-hybridized carbons (Fsp3) is 0.167. The molecule has 0 amide bonds. The molecule has 0 saturated carbocycles. The maximum Gasteiger partial charge on any atom is -0.00263 e. The lowest BCUT2D eigenvalue weighted by Crippen LogP contribution is -1.78. The zero-order valence-corrected chi connectivity index (χ0v) is 4.44. The van der Waals surface area contributed by atoms with Gasteiger partial charge in [0, 0.05) is 0 Å². The van der Waals surface area contributed by atoms with Gasteiger partial charge in [0.2, 0.25) is 0 Å². The van der Waals surface area contributed by atoms with Gasteiger partial charge in [-0.05, 0) is 24.8 Å². The van der Waals surface area contributed by atoms with Crippen LogP contribution in [0.3, 0.4) is 0 Å². The highest BCUT2D eigenvalue weighted by Gasteiger charge is 1.69. The van der Waals surface area contributed by atoms with Crippen LogP contribution in [-0.2, 0) is 0 Å². The minimum absolute atomic E-state index is 0.981. The first-order valence-corrected chi connectivity index (χ1v) is 2.05. The number of hydrogen-bond acceptors (Lipinski definition) is 1. The minimum Gasteiger partial charge on any atom is -0.404 e. The molecule has 0 rings (SSSR count). The lowest BCUT2D eigenvalue weighted by molar-refractivity contribution is 1.44. The van der Waals surface area contributed by atoms with Crippen molar-refractivity contribution in [1.29, 1.82) is 0 Å². The van der Waals surface area contributed by atoms with Crippen molar-refractivity contribution in [3.05, 3.63) is 30.2 Å². The molecular weight excluding hydrogens is 86.1 g/mol. The predicted octanol–water partition coefficient (Wildman–Crippen LogP) is 1.19. The normalized spacial score (nSPS) is 10.1. The molecule has 0 bridgehead atoms. The SMILES string of the molecule is C=C=C/C(C)=C\N. The van der Waals surface area contributed by atoms with Crippen LogP contribution in [0.4, 0.5) is 0 Å². The van der Waals surface area contributed by atoms with E-state index in [1.807, 2.05) is 6.92 Å². The fourth-order valence-electron chi connectivity index (χ4n) is 0.209. The van der Waals surface area contributed by atoms with Gasteiger partial charge in [-0.2, -0.15) is 0 Å². The van der Waals surface area contributed by atoms with Gasteiger partial charge in [-0.15, -0.1) is 5.73 Å². The molecule has 1 nitrogen and oxygen atoms in total. The van der Waals surface area contributed by atoms with Crippen molar-refractivity contribution in [2.75, 3.05) is 0 Å². The molecule has 0 atom stereocenters. The van der Waals surface area contributed by atoms with Gasteiger partial charge in [-0.3, -0.25) is 0 Å². The fourth-order valence-corrected chi connectivity index (χ4v) is 0.209. The van der Waals surface area contributed by atoms with Gasteiger partial charge in [-0.1, -0.05) is 6.58 Å². The van der Waals surface area contributed by atoms with Crippen LogP contribution >= 0.6 is 0 Å². The summed E-state index contributed by atoms with van der Waals surface area (Å²) in [6, 6.07) is 0. The molecule has 0 aromatic carbocycles. The predicted molar refractivity (Wildman–Crippen MR) is 31.7 cm³/mol. The van der Waals surface area contributed by atoms with Crippen molar-refractivity contribution >= 4 is 0 Å². The summed E-state index contributed by atoms with van der Waals surface area (Å²) in [5.74, 6) is 0. The zero-order chi connectivity index (χ0) is 5.70. The van der Waals surface area contributed by atoms with Crippen LogP contribution in [0.15, 0.2) is 30.2 Å². The van der Waals surface area contributed by atoms with Gasteiger partial charge in [0.1, 0.15) is 0 Å². The Kier molecular flexibility index (Phi) is 2.82. The van der Waals surface area contributed by atoms with Crippen molar-refractivity contribution in [3.63, 3.8) is 0 Å². The maximum atomic E-state index is 5.10. The summed E-state index contributed by atoms with van der Waals surface area (Å²) in [6.07, 6.45) is 3.23. The van der Waals surface area contributed by atoms with Crippen molar-refractivity contribution in [1.82, 2.24) is 0 Å². The smallest absolute Gasteiger partial charge is 0.00263 e. The standard InChI is InChI=1S/C6H9N/c1-3-4-6(2)5-7/h4-5H,1,7H2,2H3/b6-5-. The lowest BCUT2D eigenvalue weighted by Gasteiger charge is -1.78. The molecule has 0 heterocycles. The Bertz CT molecular complexity index is 116. The van der Waals surface area contributed by atoms with Crippen LogP contribution in [0.5, 0.6) is 0 Å². The topological polar surface area (TPSA) is 26.0 Å². The van der Waals surface area contributed by atoms with E-state index < -0.39 is 0 Å². The molecule has 0 spiro atoms. The first-order chi connectivity index (χ1) is 3.31. The average molecular weight is 95.1 g/mol. The van der Waals surface area contributed by atoms with Crippen molar-refractivity contribution in [2.45, 2.75) is 6.92 Å². The third kappa shape index (κ3) is 2.87. The molecule has 0 aliphatic carbocycles. The van der Waals surface area contributed by atoms with Crippen LogP contribution in [0.2, 0.25) is 0 Å². The van der Waals surface area contributed by atoms with Gasteiger partial charge < -0.3 is 5.73 Å². The highest BCUT2D eigenvalue weighted by atomic mass is 14.5. The largest absolute Gasteiger partial charge is 0.404 e. The number of allylic oxidation sites excluding steroid dienone is 2. The molecule has 0 fully saturated rings. The molecule has 0 unspecified atom stereocenters. The quantitative estimate of drug-likeness (QED) is 0.384. The van der Waals surface area contributed by atoms with Crippen LogP contribution in [-0.4, -0.2) is 0 Å². The molecule has 38 valence electrons. The van der Waals surface area contributed by atoms with Gasteiger partial charge in [0.05, 0.1) is 0 Å². The second-order valence-electron chi connectivity index (χ2n) is 1.26. The molecular formula is C6H9N. The van der Waals surface area contributed by atoms with Crippen molar-refractivity contribution in [2.24, 2.45) is 5.73 Å². The highest BCUT2D eigenvalue weighted by molar-refractivity contribution is 5.12. The van der Waals surface area contributed by atoms with Gasteiger partial charge in [0.25, 0.3) is 0 Å². The van der Waals surface area contributed by atoms with E-state index in [0.29, 0.717) is 0 Å². The summed E-state index contributed by atoms with van der Waals surface area (Å²) in [4.78, 5) is 0. The Morgan fingerprint density at radius 3 is 2.57 bits per heavy atom. The summed E-state index contributed by atoms with van der Waals surface area (Å²) >= 11 is 0. The summed E-state index contributed by atoms with van der Waals surface area (Å²) in [7, 11) is 0. The number of hydrogen-bond donors (Lipinski definition) is 1. The average Bonchev–Trinajstić information content (AvgIpc) is 1.68. The molecule has 0 radical (unpaired) electrons. The molecule has 0 aromatic rings. The Morgan fingerprint density at radius 2 is 2.43 bits per heavy atom. The second-order valence-corrected chi connectivity index (χ2v) is 1.26. The van der Waals surface area contributed by atoms with Gasteiger partial charge in [0.15, 0.2) is 0 Å². The van der Waals surface area contributed by atoms with E-state index in [-0.39, 0.29) is 0 Å². The molecule has 0 aromatic heterocycles. The van der Waals surface area contributed by atoms with Crippen LogP contribution in [0, 0.1) is 0 Å². The Hall–Kier alpha value is -0.940. The summed E-state index contributed by atoms with van der Waals surface area (Å²) in [5, 5.41) is 0. The molecule has 0 aliphatic heterocycles. The maximum absolute atomic E-state index is 5.10. The first kappa shape index (κ1) is 6.06. The molecule has 7 heavy (non-hydrogen) atoms. The zero-order valence-electron chi connectivity index (χ0n) is 4.44. The van der Waals surface area contributed by atoms with Crippen LogP contribution in [0.25, 0.3) is 0 Å². The summed E-state index contributed by atoms with van der Waals surface area (Å²) < 4.78 is 0. The van der Waals surface area contributed by atoms with E-state index in [1.165, 1.54) is 6.20 Å². The van der Waals surface area contributed by atoms with E-state index in [9.17, 15) is 0 Å². The van der Waals surface area contributed by atoms with Crippen molar-refractivity contribution in [3.8, 4) is 0 Å². The van der Waals surface area contributed by atoms with Gasteiger partial charge in [-0.25, -0.2) is 0 Å². The monoisotopic (exact) mass is 95.1 g/mol. The third-order valence-electron chi connectivity index (χ3n) is 0.593. The van der Waals surface area contributed by atoms with Crippen molar-refractivity contribution < 1.29 is 0 Å². The van der Waals surface area contributed by atoms with E-state index in [2.05, 4.69) is 12.3 Å². The molecule has 1 heteroatoms. The third-order valence-corrected chi connectivity index (χ3v) is 0.593. The molecule has 2 N–H and O–H groups in total.